The molecule has 0 aromatic heterocycles. The summed E-state index contributed by atoms with van der Waals surface area (Å²) >= 11 is 3.00. The van der Waals surface area contributed by atoms with E-state index >= 15 is 0 Å². The van der Waals surface area contributed by atoms with E-state index in [-0.39, 0.29) is 16.7 Å². The highest BCUT2D eigenvalue weighted by molar-refractivity contribution is 9.10. The summed E-state index contributed by atoms with van der Waals surface area (Å²) in [6.07, 6.45) is 0. The lowest BCUT2D eigenvalue weighted by Gasteiger charge is -2.10. The van der Waals surface area contributed by atoms with Crippen molar-refractivity contribution >= 4 is 33.4 Å². The van der Waals surface area contributed by atoms with Gasteiger partial charge in [0.05, 0.1) is 0 Å². The molecule has 1 nitrogen and oxygen atoms in total. The Labute approximate surface area is 92.2 Å². The topological polar surface area (TPSA) is 12.0 Å². The van der Waals surface area contributed by atoms with Gasteiger partial charge < -0.3 is 5.32 Å². The van der Waals surface area contributed by atoms with E-state index in [1.54, 1.807) is 19.2 Å². The zero-order valence-corrected chi connectivity index (χ0v) is 9.55. The smallest absolute Gasteiger partial charge is 0.387 e. The van der Waals surface area contributed by atoms with E-state index in [1.165, 1.54) is 6.07 Å². The van der Waals surface area contributed by atoms with E-state index in [1.807, 2.05) is 0 Å². The van der Waals surface area contributed by atoms with Crippen molar-refractivity contribution < 1.29 is 13.2 Å². The molecule has 0 bridgehead atoms. The molecule has 14 heavy (non-hydrogen) atoms. The first-order chi connectivity index (χ1) is 6.42. The van der Waals surface area contributed by atoms with Gasteiger partial charge in [0.25, 0.3) is 0 Å². The minimum Gasteiger partial charge on any atom is -0.387 e. The molecule has 0 fully saturated rings. The molecule has 0 aliphatic heterocycles. The second-order valence-electron chi connectivity index (χ2n) is 2.44. The van der Waals surface area contributed by atoms with E-state index in [4.69, 9.17) is 0 Å². The van der Waals surface area contributed by atoms with Gasteiger partial charge in [-0.3, -0.25) is 0 Å². The first kappa shape index (κ1) is 11.7. The van der Waals surface area contributed by atoms with E-state index in [9.17, 15) is 13.2 Å². The quantitative estimate of drug-likeness (QED) is 0.821. The minimum absolute atomic E-state index is 0.126. The van der Waals surface area contributed by atoms with Crippen molar-refractivity contribution in [3.63, 3.8) is 0 Å². The molecular weight excluding hydrogens is 279 g/mol. The Morgan fingerprint density at radius 3 is 2.50 bits per heavy atom. The molecule has 0 radical (unpaired) electrons. The van der Waals surface area contributed by atoms with Crippen LogP contribution in [0.1, 0.15) is 0 Å². The fourth-order valence-corrected chi connectivity index (χ4v) is 2.14. The van der Waals surface area contributed by atoms with Crippen molar-refractivity contribution in [1.29, 1.82) is 0 Å². The zero-order chi connectivity index (χ0) is 10.8. The summed E-state index contributed by atoms with van der Waals surface area (Å²) in [5.41, 5.74) is -3.79. The number of rotatable bonds is 2. The second kappa shape index (κ2) is 4.44. The third-order valence-electron chi connectivity index (χ3n) is 1.44. The highest BCUT2D eigenvalue weighted by Gasteiger charge is 2.30. The Balaban J connectivity index is 2.99. The largest absolute Gasteiger partial charge is 0.446 e. The highest BCUT2D eigenvalue weighted by atomic mass is 79.9. The maximum atomic E-state index is 12.1. The van der Waals surface area contributed by atoms with Gasteiger partial charge in [0, 0.05) is 22.1 Å². The van der Waals surface area contributed by atoms with Crippen LogP contribution in [-0.4, -0.2) is 12.6 Å². The van der Waals surface area contributed by atoms with Crippen molar-refractivity contribution in [2.45, 2.75) is 10.4 Å². The van der Waals surface area contributed by atoms with Crippen LogP contribution in [0.15, 0.2) is 27.6 Å². The number of benzene rings is 1. The van der Waals surface area contributed by atoms with Crippen LogP contribution in [-0.2, 0) is 0 Å². The fraction of sp³-hybridized carbons (Fsp3) is 0.250. The van der Waals surface area contributed by atoms with Gasteiger partial charge in [-0.1, -0.05) is 15.9 Å². The number of hydrogen-bond donors (Lipinski definition) is 1. The molecule has 1 aromatic rings. The molecule has 0 saturated heterocycles. The molecule has 78 valence electrons. The average Bonchev–Trinajstić information content (AvgIpc) is 2.01. The zero-order valence-electron chi connectivity index (χ0n) is 7.15. The molecular formula is C8H7BrF3NS. The lowest BCUT2D eigenvalue weighted by Crippen LogP contribution is -2.01. The minimum atomic E-state index is -4.26. The van der Waals surface area contributed by atoms with Crippen molar-refractivity contribution in [2.24, 2.45) is 0 Å². The Morgan fingerprint density at radius 1 is 1.36 bits per heavy atom. The third kappa shape index (κ3) is 3.42. The van der Waals surface area contributed by atoms with Crippen LogP contribution in [0.3, 0.4) is 0 Å². The van der Waals surface area contributed by atoms with Gasteiger partial charge in [-0.2, -0.15) is 13.2 Å². The molecule has 0 spiro atoms. The molecule has 6 heteroatoms. The maximum Gasteiger partial charge on any atom is 0.446 e. The molecule has 0 unspecified atom stereocenters. The van der Waals surface area contributed by atoms with Crippen LogP contribution in [0, 0.1) is 0 Å². The van der Waals surface area contributed by atoms with E-state index in [0.717, 1.165) is 0 Å². The number of nitrogens with one attached hydrogen (secondary N) is 1. The third-order valence-corrected chi connectivity index (χ3v) is 2.72. The normalized spacial score (nSPS) is 11.5. The maximum absolute atomic E-state index is 12.1. The summed E-state index contributed by atoms with van der Waals surface area (Å²) in [6.45, 7) is 0. The van der Waals surface area contributed by atoms with Crippen LogP contribution in [0.25, 0.3) is 0 Å². The van der Waals surface area contributed by atoms with Gasteiger partial charge in [-0.05, 0) is 30.0 Å². The fourth-order valence-electron chi connectivity index (χ4n) is 0.912. The number of thioether (sulfide) groups is 1. The number of hydrogen-bond acceptors (Lipinski definition) is 2. The summed E-state index contributed by atoms with van der Waals surface area (Å²) in [4.78, 5) is 0.161. The molecule has 0 aliphatic rings. The SMILES string of the molecule is CNc1ccc(Br)cc1SC(F)(F)F. The van der Waals surface area contributed by atoms with Crippen molar-refractivity contribution in [2.75, 3.05) is 12.4 Å². The van der Waals surface area contributed by atoms with E-state index in [2.05, 4.69) is 21.2 Å². The predicted octanol–water partition coefficient (Wildman–Crippen LogP) is 4.10. The lowest BCUT2D eigenvalue weighted by molar-refractivity contribution is -0.0327. The van der Waals surface area contributed by atoms with Gasteiger partial charge >= 0.3 is 5.51 Å². The summed E-state index contributed by atoms with van der Waals surface area (Å²) in [7, 11) is 1.59. The van der Waals surface area contributed by atoms with E-state index < -0.39 is 5.51 Å². The lowest BCUT2D eigenvalue weighted by atomic mass is 10.3. The first-order valence-corrected chi connectivity index (χ1v) is 5.26. The van der Waals surface area contributed by atoms with Crippen LogP contribution < -0.4 is 5.32 Å². The van der Waals surface area contributed by atoms with Crippen molar-refractivity contribution in [1.82, 2.24) is 0 Å². The Bertz CT molecular complexity index is 327. The number of alkyl halides is 3. The molecule has 1 aromatic carbocycles. The van der Waals surface area contributed by atoms with Crippen LogP contribution in [0.2, 0.25) is 0 Å². The van der Waals surface area contributed by atoms with Crippen LogP contribution in [0.5, 0.6) is 0 Å². The molecule has 1 rings (SSSR count). The number of anilines is 1. The van der Waals surface area contributed by atoms with Gasteiger partial charge in [0.2, 0.25) is 0 Å². The van der Waals surface area contributed by atoms with Gasteiger partial charge in [0.1, 0.15) is 0 Å². The molecule has 0 amide bonds. The summed E-state index contributed by atoms with van der Waals surface area (Å²) < 4.78 is 37.0. The molecule has 0 saturated carbocycles. The second-order valence-corrected chi connectivity index (χ2v) is 4.46. The van der Waals surface area contributed by atoms with E-state index in [0.29, 0.717) is 10.2 Å². The number of halogens is 4. The molecule has 0 atom stereocenters. The Kier molecular flexibility index (Phi) is 3.71. The van der Waals surface area contributed by atoms with Crippen LogP contribution in [0.4, 0.5) is 18.9 Å². The highest BCUT2D eigenvalue weighted by Crippen LogP contribution is 2.41. The van der Waals surface area contributed by atoms with Gasteiger partial charge in [-0.25, -0.2) is 0 Å². The Morgan fingerprint density at radius 2 is 2.00 bits per heavy atom. The van der Waals surface area contributed by atoms with Gasteiger partial charge in [0.15, 0.2) is 0 Å². The average molecular weight is 286 g/mol. The molecule has 0 heterocycles. The molecule has 1 N–H and O–H groups in total. The monoisotopic (exact) mass is 285 g/mol. The summed E-state index contributed by atoms with van der Waals surface area (Å²) in [6, 6.07) is 4.72. The summed E-state index contributed by atoms with van der Waals surface area (Å²) in [5.74, 6) is 0. The van der Waals surface area contributed by atoms with Crippen molar-refractivity contribution in [3.8, 4) is 0 Å². The first-order valence-electron chi connectivity index (χ1n) is 3.65. The predicted molar refractivity (Wildman–Crippen MR) is 55.6 cm³/mol. The standard InChI is InChI=1S/C8H7BrF3NS/c1-13-6-3-2-5(9)4-7(6)14-8(10,11)12/h2-4,13H,1H3. The molecule has 0 aliphatic carbocycles. The van der Waals surface area contributed by atoms with Gasteiger partial charge in [-0.15, -0.1) is 0 Å². The summed E-state index contributed by atoms with van der Waals surface area (Å²) in [5, 5.41) is 2.70. The van der Waals surface area contributed by atoms with Crippen LogP contribution >= 0.6 is 27.7 Å². The Hall–Kier alpha value is -0.360. The van der Waals surface area contributed by atoms with Crippen molar-refractivity contribution in [3.05, 3.63) is 22.7 Å².